The van der Waals surface area contributed by atoms with Crippen LogP contribution in [0.2, 0.25) is 0 Å². The lowest BCUT2D eigenvalue weighted by Gasteiger charge is -2.11. The van der Waals surface area contributed by atoms with Gasteiger partial charge < -0.3 is 10.6 Å². The summed E-state index contributed by atoms with van der Waals surface area (Å²) in [5.74, 6) is 0.676. The maximum Gasteiger partial charge on any atom is 0.253 e. The number of hydrogen-bond donors (Lipinski definition) is 2. The summed E-state index contributed by atoms with van der Waals surface area (Å²) in [4.78, 5) is 18.4. The molecule has 1 amide bonds. The van der Waals surface area contributed by atoms with Crippen LogP contribution in [0.5, 0.6) is 0 Å². The predicted octanol–water partition coefficient (Wildman–Crippen LogP) is 1.55. The van der Waals surface area contributed by atoms with Gasteiger partial charge in [0.15, 0.2) is 0 Å². The van der Waals surface area contributed by atoms with Crippen LogP contribution < -0.4 is 5.73 Å². The highest BCUT2D eigenvalue weighted by Gasteiger charge is 2.12. The van der Waals surface area contributed by atoms with Gasteiger partial charge in [0.2, 0.25) is 5.16 Å². The SMILES string of the molecule is Cc1nc(Sc2cc(C(=O)N(C)C)ccc2N)n[nH]1. The summed E-state index contributed by atoms with van der Waals surface area (Å²) in [6.45, 7) is 1.83. The van der Waals surface area contributed by atoms with Gasteiger partial charge >= 0.3 is 0 Å². The smallest absolute Gasteiger partial charge is 0.253 e. The van der Waals surface area contributed by atoms with Crippen LogP contribution in [-0.2, 0) is 0 Å². The average molecular weight is 277 g/mol. The molecule has 6 nitrogen and oxygen atoms in total. The summed E-state index contributed by atoms with van der Waals surface area (Å²) in [5, 5.41) is 7.39. The Morgan fingerprint density at radius 3 is 2.74 bits per heavy atom. The number of hydrogen-bond acceptors (Lipinski definition) is 5. The van der Waals surface area contributed by atoms with Crippen molar-refractivity contribution in [2.45, 2.75) is 17.0 Å². The van der Waals surface area contributed by atoms with Gasteiger partial charge in [-0.3, -0.25) is 9.89 Å². The molecule has 0 atom stereocenters. The number of carbonyl (C=O) groups is 1. The third kappa shape index (κ3) is 3.05. The number of nitrogens with two attached hydrogens (primary N) is 1. The van der Waals surface area contributed by atoms with Crippen molar-refractivity contribution in [3.05, 3.63) is 29.6 Å². The van der Waals surface area contributed by atoms with Gasteiger partial charge in [-0.15, -0.1) is 5.10 Å². The molecule has 0 bridgehead atoms. The molecule has 3 N–H and O–H groups in total. The van der Waals surface area contributed by atoms with Crippen molar-refractivity contribution < 1.29 is 4.79 Å². The van der Waals surface area contributed by atoms with E-state index in [9.17, 15) is 4.79 Å². The van der Waals surface area contributed by atoms with Crippen molar-refractivity contribution in [2.75, 3.05) is 19.8 Å². The maximum absolute atomic E-state index is 11.9. The van der Waals surface area contributed by atoms with Crippen molar-refractivity contribution >= 4 is 23.4 Å². The highest BCUT2D eigenvalue weighted by molar-refractivity contribution is 7.99. The minimum absolute atomic E-state index is 0.0620. The molecule has 7 heteroatoms. The lowest BCUT2D eigenvalue weighted by atomic mass is 10.2. The third-order valence-corrected chi connectivity index (χ3v) is 3.38. The zero-order chi connectivity index (χ0) is 14.0. The van der Waals surface area contributed by atoms with E-state index in [2.05, 4.69) is 15.2 Å². The highest BCUT2D eigenvalue weighted by Crippen LogP contribution is 2.30. The van der Waals surface area contributed by atoms with Crippen LogP contribution in [0.15, 0.2) is 28.3 Å². The number of aromatic nitrogens is 3. The highest BCUT2D eigenvalue weighted by atomic mass is 32.2. The first-order chi connectivity index (χ1) is 8.97. The largest absolute Gasteiger partial charge is 0.398 e. The molecule has 1 heterocycles. The fourth-order valence-electron chi connectivity index (χ4n) is 1.48. The van der Waals surface area contributed by atoms with Crippen LogP contribution in [0.1, 0.15) is 16.2 Å². The molecule has 2 aromatic rings. The Bertz CT molecular complexity index is 608. The average Bonchev–Trinajstić information content (AvgIpc) is 2.76. The Hall–Kier alpha value is -2.02. The van der Waals surface area contributed by atoms with Crippen molar-refractivity contribution in [1.29, 1.82) is 0 Å². The Kier molecular flexibility index (Phi) is 3.75. The molecule has 0 unspecified atom stereocenters. The quantitative estimate of drug-likeness (QED) is 0.831. The molecule has 0 aliphatic carbocycles. The predicted molar refractivity (Wildman–Crippen MR) is 74.1 cm³/mol. The molecule has 0 fully saturated rings. The van der Waals surface area contributed by atoms with E-state index < -0.39 is 0 Å². The number of nitrogens with one attached hydrogen (secondary N) is 1. The van der Waals surface area contributed by atoms with E-state index in [0.29, 0.717) is 16.4 Å². The molecule has 100 valence electrons. The van der Waals surface area contributed by atoms with Crippen molar-refractivity contribution in [1.82, 2.24) is 20.1 Å². The van der Waals surface area contributed by atoms with Crippen LogP contribution in [0.25, 0.3) is 0 Å². The van der Waals surface area contributed by atoms with E-state index in [1.807, 2.05) is 6.92 Å². The molecule has 0 saturated carbocycles. The first-order valence-corrected chi connectivity index (χ1v) is 6.47. The standard InChI is InChI=1S/C12H15N5OS/c1-7-14-12(16-15-7)19-10-6-8(4-5-9(10)13)11(18)17(2)3/h4-6H,13H2,1-3H3,(H,14,15,16). The van der Waals surface area contributed by atoms with E-state index in [4.69, 9.17) is 5.73 Å². The van der Waals surface area contributed by atoms with Crippen LogP contribution >= 0.6 is 11.8 Å². The van der Waals surface area contributed by atoms with E-state index in [1.54, 1.807) is 32.3 Å². The number of aromatic amines is 1. The lowest BCUT2D eigenvalue weighted by molar-refractivity contribution is 0.0827. The van der Waals surface area contributed by atoms with Crippen LogP contribution in [0.3, 0.4) is 0 Å². The third-order valence-electron chi connectivity index (χ3n) is 2.44. The molecule has 0 radical (unpaired) electrons. The first-order valence-electron chi connectivity index (χ1n) is 5.65. The molecule has 2 rings (SSSR count). The minimum atomic E-state index is -0.0620. The number of H-pyrrole nitrogens is 1. The van der Waals surface area contributed by atoms with Crippen LogP contribution in [0.4, 0.5) is 5.69 Å². The molecule has 0 aliphatic heterocycles. The Morgan fingerprint density at radius 1 is 1.42 bits per heavy atom. The molecular formula is C12H15N5OS. The van der Waals surface area contributed by atoms with E-state index >= 15 is 0 Å². The van der Waals surface area contributed by atoms with Gasteiger partial charge in [-0.25, -0.2) is 4.98 Å². The number of nitrogens with zero attached hydrogens (tertiary/aromatic N) is 3. The zero-order valence-electron chi connectivity index (χ0n) is 11.0. The van der Waals surface area contributed by atoms with Gasteiger partial charge in [-0.1, -0.05) is 0 Å². The number of amides is 1. The van der Waals surface area contributed by atoms with Gasteiger partial charge in [0.25, 0.3) is 5.91 Å². The van der Waals surface area contributed by atoms with E-state index in [1.165, 1.54) is 16.7 Å². The number of aryl methyl sites for hydroxylation is 1. The van der Waals surface area contributed by atoms with Gasteiger partial charge in [0.05, 0.1) is 0 Å². The fraction of sp³-hybridized carbons (Fsp3) is 0.250. The summed E-state index contributed by atoms with van der Waals surface area (Å²) >= 11 is 1.33. The Labute approximate surface area is 115 Å². The van der Waals surface area contributed by atoms with Crippen molar-refractivity contribution in [3.63, 3.8) is 0 Å². The van der Waals surface area contributed by atoms with Crippen molar-refractivity contribution in [2.24, 2.45) is 0 Å². The fourth-order valence-corrected chi connectivity index (χ4v) is 2.32. The van der Waals surface area contributed by atoms with Gasteiger partial charge in [-0.05, 0) is 36.9 Å². The number of carbonyl (C=O) groups excluding carboxylic acids is 1. The zero-order valence-corrected chi connectivity index (χ0v) is 11.8. The second-order valence-electron chi connectivity index (χ2n) is 4.26. The normalized spacial score (nSPS) is 10.5. The molecule has 1 aromatic carbocycles. The number of rotatable bonds is 3. The number of benzene rings is 1. The summed E-state index contributed by atoms with van der Waals surface area (Å²) in [5.41, 5.74) is 7.10. The lowest BCUT2D eigenvalue weighted by Crippen LogP contribution is -2.21. The molecule has 1 aromatic heterocycles. The molecule has 0 aliphatic rings. The Balaban J connectivity index is 2.29. The van der Waals surface area contributed by atoms with Crippen molar-refractivity contribution in [3.8, 4) is 0 Å². The molecule has 19 heavy (non-hydrogen) atoms. The van der Waals surface area contributed by atoms with Gasteiger partial charge in [0, 0.05) is 30.2 Å². The number of nitrogen functional groups attached to an aromatic ring is 1. The minimum Gasteiger partial charge on any atom is -0.398 e. The molecule has 0 saturated heterocycles. The number of anilines is 1. The second-order valence-corrected chi connectivity index (χ2v) is 5.27. The summed E-state index contributed by atoms with van der Waals surface area (Å²) < 4.78 is 0. The maximum atomic E-state index is 11.9. The van der Waals surface area contributed by atoms with Gasteiger partial charge in [-0.2, -0.15) is 0 Å². The molecule has 0 spiro atoms. The van der Waals surface area contributed by atoms with E-state index in [-0.39, 0.29) is 5.91 Å². The van der Waals surface area contributed by atoms with Gasteiger partial charge in [0.1, 0.15) is 5.82 Å². The first kappa shape index (κ1) is 13.4. The molecular weight excluding hydrogens is 262 g/mol. The van der Waals surface area contributed by atoms with Crippen LogP contribution in [0, 0.1) is 6.92 Å². The summed E-state index contributed by atoms with van der Waals surface area (Å²) in [7, 11) is 3.42. The second kappa shape index (κ2) is 5.31. The summed E-state index contributed by atoms with van der Waals surface area (Å²) in [6, 6.07) is 5.19. The Morgan fingerprint density at radius 2 is 2.16 bits per heavy atom. The monoisotopic (exact) mass is 277 g/mol. The van der Waals surface area contributed by atoms with E-state index in [0.717, 1.165) is 10.7 Å². The van der Waals surface area contributed by atoms with Crippen LogP contribution in [-0.4, -0.2) is 40.1 Å². The topological polar surface area (TPSA) is 87.9 Å². The summed E-state index contributed by atoms with van der Waals surface area (Å²) in [6.07, 6.45) is 0.